The maximum atomic E-state index is 11.8. The van der Waals surface area contributed by atoms with Gasteiger partial charge in [0.2, 0.25) is 0 Å². The van der Waals surface area contributed by atoms with Crippen molar-refractivity contribution in [1.82, 2.24) is 0 Å². The van der Waals surface area contributed by atoms with Gasteiger partial charge in [-0.05, 0) is 60.4 Å². The molecular weight excluding hydrogens is 314 g/mol. The summed E-state index contributed by atoms with van der Waals surface area (Å²) in [4.78, 5) is 11.8. The van der Waals surface area contributed by atoms with Crippen molar-refractivity contribution in [3.63, 3.8) is 0 Å². The van der Waals surface area contributed by atoms with Gasteiger partial charge in [-0.15, -0.1) is 0 Å². The van der Waals surface area contributed by atoms with Crippen molar-refractivity contribution in [2.24, 2.45) is 5.41 Å². The Morgan fingerprint density at radius 2 is 1.44 bits per heavy atom. The van der Waals surface area contributed by atoms with Gasteiger partial charge in [-0.1, -0.05) is 13.8 Å². The lowest BCUT2D eigenvalue weighted by molar-refractivity contribution is -0.117. The highest BCUT2D eigenvalue weighted by Gasteiger charge is 2.27. The third-order valence-corrected chi connectivity index (χ3v) is 4.11. The molecule has 0 spiro atoms. The number of nitrogens with one attached hydrogen (secondary N) is 1. The van der Waals surface area contributed by atoms with E-state index >= 15 is 0 Å². The number of carbonyl (C=O) groups excluding carboxylic acids is 1. The first-order valence-corrected chi connectivity index (χ1v) is 8.36. The molecule has 1 N–H and O–H groups in total. The SMILES string of the molecule is COc1ccc(Oc2ccc(NC3=CC(=O)CC(C)(C)C3)cc2)cc1. The number of hydrogen-bond donors (Lipinski definition) is 1. The summed E-state index contributed by atoms with van der Waals surface area (Å²) in [7, 11) is 1.64. The predicted molar refractivity (Wildman–Crippen MR) is 99.2 cm³/mol. The molecule has 0 heterocycles. The van der Waals surface area contributed by atoms with Crippen molar-refractivity contribution in [2.45, 2.75) is 26.7 Å². The lowest BCUT2D eigenvalue weighted by atomic mass is 9.79. The van der Waals surface area contributed by atoms with Gasteiger partial charge in [-0.25, -0.2) is 0 Å². The lowest BCUT2D eigenvalue weighted by Gasteiger charge is -2.29. The molecule has 0 saturated carbocycles. The van der Waals surface area contributed by atoms with E-state index in [1.807, 2.05) is 48.5 Å². The number of ether oxygens (including phenoxy) is 2. The third-order valence-electron chi connectivity index (χ3n) is 4.11. The van der Waals surface area contributed by atoms with E-state index in [0.29, 0.717) is 6.42 Å². The van der Waals surface area contributed by atoms with Crippen molar-refractivity contribution in [1.29, 1.82) is 0 Å². The van der Waals surface area contributed by atoms with E-state index < -0.39 is 0 Å². The van der Waals surface area contributed by atoms with Crippen molar-refractivity contribution in [3.8, 4) is 17.2 Å². The molecule has 25 heavy (non-hydrogen) atoms. The van der Waals surface area contributed by atoms with Gasteiger partial charge in [0.05, 0.1) is 7.11 Å². The average Bonchev–Trinajstić information content (AvgIpc) is 2.55. The predicted octanol–water partition coefficient (Wildman–Crippen LogP) is 5.17. The molecule has 0 aliphatic heterocycles. The van der Waals surface area contributed by atoms with E-state index in [-0.39, 0.29) is 11.2 Å². The van der Waals surface area contributed by atoms with Gasteiger partial charge in [0.15, 0.2) is 5.78 Å². The molecule has 0 unspecified atom stereocenters. The minimum Gasteiger partial charge on any atom is -0.497 e. The Balaban J connectivity index is 1.65. The van der Waals surface area contributed by atoms with Crippen LogP contribution in [0, 0.1) is 5.41 Å². The highest BCUT2D eigenvalue weighted by Crippen LogP contribution is 2.34. The van der Waals surface area contributed by atoms with Crippen molar-refractivity contribution in [3.05, 3.63) is 60.3 Å². The van der Waals surface area contributed by atoms with Crippen LogP contribution >= 0.6 is 0 Å². The first kappa shape index (κ1) is 17.1. The molecule has 0 atom stereocenters. The van der Waals surface area contributed by atoms with Gasteiger partial charge in [0, 0.05) is 23.9 Å². The van der Waals surface area contributed by atoms with Crippen LogP contribution in [0.15, 0.2) is 60.3 Å². The molecular formula is C21H23NO3. The Morgan fingerprint density at radius 1 is 0.880 bits per heavy atom. The van der Waals surface area contributed by atoms with Crippen molar-refractivity contribution < 1.29 is 14.3 Å². The molecule has 1 aliphatic rings. The molecule has 0 amide bonds. The van der Waals surface area contributed by atoms with E-state index in [2.05, 4.69) is 19.2 Å². The minimum atomic E-state index is 0.00554. The maximum Gasteiger partial charge on any atom is 0.157 e. The molecule has 4 heteroatoms. The third kappa shape index (κ3) is 4.63. The summed E-state index contributed by atoms with van der Waals surface area (Å²) < 4.78 is 11.0. The zero-order chi connectivity index (χ0) is 17.9. The zero-order valence-corrected chi connectivity index (χ0v) is 14.8. The number of allylic oxidation sites excluding steroid dienone is 2. The van der Waals surface area contributed by atoms with Gasteiger partial charge in [0.25, 0.3) is 0 Å². The molecule has 130 valence electrons. The standard InChI is InChI=1S/C21H23NO3/c1-21(2)13-16(12-17(23)14-21)22-15-4-6-19(7-5-15)25-20-10-8-18(24-3)9-11-20/h4-12,22H,13-14H2,1-3H3. The molecule has 2 aromatic carbocycles. The molecule has 0 fully saturated rings. The number of anilines is 1. The number of benzene rings is 2. The van der Waals surface area contributed by atoms with Gasteiger partial charge in [0.1, 0.15) is 17.2 Å². The second kappa shape index (κ2) is 7.01. The quantitative estimate of drug-likeness (QED) is 0.817. The average molecular weight is 337 g/mol. The normalized spacial score (nSPS) is 16.1. The van der Waals surface area contributed by atoms with Crippen molar-refractivity contribution in [2.75, 3.05) is 12.4 Å². The number of methoxy groups -OCH3 is 1. The smallest absolute Gasteiger partial charge is 0.157 e. The van der Waals surface area contributed by atoms with E-state index in [1.165, 1.54) is 0 Å². The first-order chi connectivity index (χ1) is 11.9. The second-order valence-corrected chi connectivity index (χ2v) is 7.08. The van der Waals surface area contributed by atoms with Crippen LogP contribution in [0.2, 0.25) is 0 Å². The zero-order valence-electron chi connectivity index (χ0n) is 14.8. The van der Waals surface area contributed by atoms with Crippen LogP contribution in [0.25, 0.3) is 0 Å². The lowest BCUT2D eigenvalue weighted by Crippen LogP contribution is -2.24. The Hall–Kier alpha value is -2.75. The van der Waals surface area contributed by atoms with Crippen LogP contribution < -0.4 is 14.8 Å². The van der Waals surface area contributed by atoms with E-state index in [1.54, 1.807) is 13.2 Å². The summed E-state index contributed by atoms with van der Waals surface area (Å²) in [5.74, 6) is 2.48. The monoisotopic (exact) mass is 337 g/mol. The fourth-order valence-corrected chi connectivity index (χ4v) is 3.00. The summed E-state index contributed by atoms with van der Waals surface area (Å²) in [6.45, 7) is 4.23. The van der Waals surface area contributed by atoms with Gasteiger partial charge in [-0.3, -0.25) is 4.79 Å². The van der Waals surface area contributed by atoms with Gasteiger partial charge < -0.3 is 14.8 Å². The largest absolute Gasteiger partial charge is 0.497 e. The van der Waals surface area contributed by atoms with Crippen LogP contribution in [-0.4, -0.2) is 12.9 Å². The van der Waals surface area contributed by atoms with Crippen molar-refractivity contribution >= 4 is 11.5 Å². The van der Waals surface area contributed by atoms with Gasteiger partial charge in [-0.2, -0.15) is 0 Å². The summed E-state index contributed by atoms with van der Waals surface area (Å²) in [5.41, 5.74) is 1.91. The summed E-state index contributed by atoms with van der Waals surface area (Å²) in [5, 5.41) is 3.34. The van der Waals surface area contributed by atoms with E-state index in [4.69, 9.17) is 9.47 Å². The Kier molecular flexibility index (Phi) is 4.79. The summed E-state index contributed by atoms with van der Waals surface area (Å²) in [6.07, 6.45) is 3.18. The topological polar surface area (TPSA) is 47.6 Å². The number of carbonyl (C=O) groups is 1. The molecule has 0 radical (unpaired) electrons. The number of hydrogen-bond acceptors (Lipinski definition) is 4. The molecule has 0 aromatic heterocycles. The molecule has 0 saturated heterocycles. The molecule has 0 bridgehead atoms. The van der Waals surface area contributed by atoms with E-state index in [9.17, 15) is 4.79 Å². The fourth-order valence-electron chi connectivity index (χ4n) is 3.00. The minimum absolute atomic E-state index is 0.00554. The fraction of sp³-hybridized carbons (Fsp3) is 0.286. The first-order valence-electron chi connectivity index (χ1n) is 8.36. The van der Waals surface area contributed by atoms with Crippen LogP contribution in [0.5, 0.6) is 17.2 Å². The van der Waals surface area contributed by atoms with Crippen LogP contribution in [0.4, 0.5) is 5.69 Å². The molecule has 4 nitrogen and oxygen atoms in total. The highest BCUT2D eigenvalue weighted by molar-refractivity contribution is 5.92. The maximum absolute atomic E-state index is 11.8. The summed E-state index contributed by atoms with van der Waals surface area (Å²) in [6, 6.07) is 15.2. The molecule has 1 aliphatic carbocycles. The Bertz CT molecular complexity index is 774. The van der Waals surface area contributed by atoms with Gasteiger partial charge >= 0.3 is 0 Å². The molecule has 3 rings (SSSR count). The number of ketones is 1. The van der Waals surface area contributed by atoms with E-state index in [0.717, 1.165) is 35.1 Å². The summed E-state index contributed by atoms with van der Waals surface area (Å²) >= 11 is 0. The Morgan fingerprint density at radius 3 is 2.00 bits per heavy atom. The Labute approximate surface area is 148 Å². The number of rotatable bonds is 5. The van der Waals surface area contributed by atoms with Crippen LogP contribution in [0.3, 0.4) is 0 Å². The van der Waals surface area contributed by atoms with Crippen LogP contribution in [0.1, 0.15) is 26.7 Å². The highest BCUT2D eigenvalue weighted by atomic mass is 16.5. The van der Waals surface area contributed by atoms with Crippen LogP contribution in [-0.2, 0) is 4.79 Å². The second-order valence-electron chi connectivity index (χ2n) is 7.08. The molecule has 2 aromatic rings.